The first-order chi connectivity index (χ1) is 19.6. The first kappa shape index (κ1) is 35.5. The molecule has 0 aromatic heterocycles. The second-order valence-electron chi connectivity index (χ2n) is 10.00. The zero-order valence-corrected chi connectivity index (χ0v) is 24.1. The molecule has 0 heterocycles. The van der Waals surface area contributed by atoms with E-state index in [1.165, 1.54) is 5.56 Å². The van der Waals surface area contributed by atoms with E-state index < -0.39 is 47.9 Å². The van der Waals surface area contributed by atoms with Gasteiger partial charge in [0, 0.05) is 0 Å². The topological polar surface area (TPSA) is 199 Å². The molecule has 3 rings (SSSR count). The van der Waals surface area contributed by atoms with E-state index in [1.807, 2.05) is 60.7 Å². The average molecular weight is 587 g/mol. The third-order valence-corrected chi connectivity index (χ3v) is 6.24. The van der Waals surface area contributed by atoms with Crippen molar-refractivity contribution >= 4 is 34.6 Å². The molecule has 228 valence electrons. The van der Waals surface area contributed by atoms with E-state index in [1.54, 1.807) is 21.0 Å². The van der Waals surface area contributed by atoms with Gasteiger partial charge in [-0.1, -0.05) is 62.4 Å². The molecular weight excluding hydrogens is 548 g/mol. The van der Waals surface area contributed by atoms with Crippen molar-refractivity contribution in [3.63, 3.8) is 0 Å². The summed E-state index contributed by atoms with van der Waals surface area (Å²) < 4.78 is 5.14. The lowest BCUT2D eigenvalue weighted by molar-refractivity contribution is -0.165. The monoisotopic (exact) mass is 586 g/mol. The van der Waals surface area contributed by atoms with Crippen LogP contribution in [0.2, 0.25) is 0 Å². The number of hydrogen-bond acceptors (Lipinski definition) is 7. The molecule has 0 spiro atoms. The van der Waals surface area contributed by atoms with Gasteiger partial charge in [-0.3, -0.25) is 9.59 Å². The van der Waals surface area contributed by atoms with Crippen LogP contribution in [0.3, 0.4) is 0 Å². The van der Waals surface area contributed by atoms with Crippen LogP contribution in [-0.4, -0.2) is 73.8 Å². The van der Waals surface area contributed by atoms with Crippen LogP contribution in [0.1, 0.15) is 56.2 Å². The predicted molar refractivity (Wildman–Crippen MR) is 155 cm³/mol. The molecular formula is C31H38O11. The number of rotatable bonds is 10. The number of aliphatic hydroxyl groups is 2. The van der Waals surface area contributed by atoms with Gasteiger partial charge in [0.05, 0.1) is 18.9 Å². The van der Waals surface area contributed by atoms with E-state index in [-0.39, 0.29) is 0 Å². The molecule has 0 saturated heterocycles. The summed E-state index contributed by atoms with van der Waals surface area (Å²) >= 11 is 0. The molecule has 0 saturated carbocycles. The normalized spacial score (nSPS) is 13.3. The van der Waals surface area contributed by atoms with Gasteiger partial charge in [0.15, 0.2) is 12.2 Å². The van der Waals surface area contributed by atoms with Gasteiger partial charge >= 0.3 is 23.9 Å². The molecule has 11 nitrogen and oxygen atoms in total. The molecule has 0 radical (unpaired) electrons. The van der Waals surface area contributed by atoms with Crippen LogP contribution in [0.15, 0.2) is 60.7 Å². The fraction of sp³-hybridized carbons (Fsp3) is 0.355. The number of ether oxygens (including phenoxy) is 1. The summed E-state index contributed by atoms with van der Waals surface area (Å²) in [6.45, 7) is 7.74. The zero-order chi connectivity index (χ0) is 32.1. The van der Waals surface area contributed by atoms with Crippen molar-refractivity contribution in [2.24, 2.45) is 5.92 Å². The molecule has 3 aromatic rings. The summed E-state index contributed by atoms with van der Waals surface area (Å²) in [4.78, 5) is 41.2. The van der Waals surface area contributed by atoms with Crippen LogP contribution in [0, 0.1) is 5.92 Å². The maximum absolute atomic E-state index is 10.9. The Bertz CT molecular complexity index is 1330. The third-order valence-electron chi connectivity index (χ3n) is 6.24. The number of carboxylic acids is 4. The van der Waals surface area contributed by atoms with Crippen LogP contribution in [0.4, 0.5) is 0 Å². The van der Waals surface area contributed by atoms with Gasteiger partial charge in [-0.25, -0.2) is 9.59 Å². The first-order valence-electron chi connectivity index (χ1n) is 13.0. The Balaban J connectivity index is 0.000000327. The molecule has 11 heteroatoms. The molecule has 3 aromatic carbocycles. The van der Waals surface area contributed by atoms with E-state index in [0.717, 1.165) is 34.1 Å². The second-order valence-corrected chi connectivity index (χ2v) is 10.00. The Morgan fingerprint density at radius 2 is 1.05 bits per heavy atom. The minimum atomic E-state index is -2.27. The zero-order valence-electron chi connectivity index (χ0n) is 24.1. The van der Waals surface area contributed by atoms with Gasteiger partial charge in [0.2, 0.25) is 0 Å². The second kappa shape index (κ2) is 16.7. The van der Waals surface area contributed by atoms with Crippen LogP contribution in [-0.2, 0) is 25.6 Å². The smallest absolute Gasteiger partial charge is 0.335 e. The summed E-state index contributed by atoms with van der Waals surface area (Å²) in [5.41, 5.74) is 2.96. The number of hydrogen-bond donors (Lipinski definition) is 6. The fourth-order valence-electron chi connectivity index (χ4n) is 3.61. The number of aliphatic hydroxyl groups excluding tert-OH is 2. The molecule has 6 N–H and O–H groups in total. The minimum Gasteiger partial charge on any atom is -0.497 e. The van der Waals surface area contributed by atoms with Crippen molar-refractivity contribution < 1.29 is 54.6 Å². The summed E-state index contributed by atoms with van der Waals surface area (Å²) in [5, 5.41) is 52.4. The molecule has 0 aliphatic carbocycles. The lowest BCUT2D eigenvalue weighted by Crippen LogP contribution is -2.39. The Morgan fingerprint density at radius 1 is 0.619 bits per heavy atom. The van der Waals surface area contributed by atoms with E-state index in [0.29, 0.717) is 5.92 Å². The average Bonchev–Trinajstić information content (AvgIpc) is 2.95. The van der Waals surface area contributed by atoms with E-state index in [2.05, 4.69) is 13.8 Å². The number of aliphatic carboxylic acids is 4. The van der Waals surface area contributed by atoms with Crippen LogP contribution < -0.4 is 4.74 Å². The molecule has 0 fully saturated rings. The largest absolute Gasteiger partial charge is 0.497 e. The van der Waals surface area contributed by atoms with E-state index >= 15 is 0 Å². The summed E-state index contributed by atoms with van der Waals surface area (Å²) in [7, 11) is 1.63. The maximum Gasteiger partial charge on any atom is 0.335 e. The highest BCUT2D eigenvalue weighted by Gasteiger charge is 2.29. The van der Waals surface area contributed by atoms with Crippen molar-refractivity contribution in [2.75, 3.05) is 7.11 Å². The molecule has 0 bridgehead atoms. The molecule has 4 atom stereocenters. The minimum absolute atomic E-state index is 0.418. The first-order valence-corrected chi connectivity index (χ1v) is 13.0. The number of carbonyl (C=O) groups is 4. The number of fused-ring (bicyclic) bond motifs is 1. The maximum atomic E-state index is 10.9. The van der Waals surface area contributed by atoms with Gasteiger partial charge in [0.25, 0.3) is 0 Å². The molecule has 4 unspecified atom stereocenters. The number of carboxylic acid groups (broad SMARTS) is 4. The highest BCUT2D eigenvalue weighted by molar-refractivity contribution is 5.86. The van der Waals surface area contributed by atoms with Gasteiger partial charge in [-0.15, -0.1) is 0 Å². The van der Waals surface area contributed by atoms with Crippen LogP contribution >= 0.6 is 0 Å². The van der Waals surface area contributed by atoms with Gasteiger partial charge in [0.1, 0.15) is 5.75 Å². The number of benzene rings is 3. The third kappa shape index (κ3) is 11.2. The van der Waals surface area contributed by atoms with Crippen LogP contribution in [0.25, 0.3) is 10.8 Å². The van der Waals surface area contributed by atoms with Crippen molar-refractivity contribution in [1.82, 2.24) is 0 Å². The standard InChI is InChI=1S/C14H14O3.C13H18O2.C4H6O6/c1-9(14(15)16)10-3-4-12-8-13(17-2)6-5-11(12)7-10;1-9(2)8-11-4-6-12(7-5-11)10(3)13(14)15;5-1(3(7)8)2(6)4(9)10/h3-9H,1-2H3,(H,15,16);4-7,9-10H,8H2,1-3H3,(H,14,15);1-2,5-6H,(H,7,8)(H,9,10). The SMILES string of the molecule is CC(C)Cc1ccc(C(C)C(=O)O)cc1.COc1ccc2cc(C(C)C(=O)O)ccc2c1.O=C(O)C(O)C(O)C(=O)O. The summed E-state index contributed by atoms with van der Waals surface area (Å²) in [6.07, 6.45) is -3.49. The summed E-state index contributed by atoms with van der Waals surface area (Å²) in [5.74, 6) is -4.59. The lowest BCUT2D eigenvalue weighted by atomic mass is 9.97. The highest BCUT2D eigenvalue weighted by Crippen LogP contribution is 2.25. The van der Waals surface area contributed by atoms with Crippen molar-refractivity contribution in [2.45, 2.75) is 58.2 Å². The molecule has 0 amide bonds. The Hall–Kier alpha value is -4.48. The Morgan fingerprint density at radius 3 is 1.48 bits per heavy atom. The summed E-state index contributed by atoms with van der Waals surface area (Å²) in [6, 6.07) is 19.3. The van der Waals surface area contributed by atoms with Gasteiger partial charge in [-0.2, -0.15) is 0 Å². The Labute approximate surface area is 243 Å². The Kier molecular flexibility index (Phi) is 14.1. The van der Waals surface area contributed by atoms with Gasteiger partial charge < -0.3 is 35.4 Å². The molecule has 0 aliphatic heterocycles. The van der Waals surface area contributed by atoms with E-state index in [9.17, 15) is 19.2 Å². The quantitative estimate of drug-likeness (QED) is 0.201. The molecule has 0 aliphatic rings. The van der Waals surface area contributed by atoms with Gasteiger partial charge in [-0.05, 0) is 65.8 Å². The van der Waals surface area contributed by atoms with E-state index in [4.69, 9.17) is 35.4 Å². The van der Waals surface area contributed by atoms with Crippen molar-refractivity contribution in [1.29, 1.82) is 0 Å². The molecule has 42 heavy (non-hydrogen) atoms. The highest BCUT2D eigenvalue weighted by atomic mass is 16.5. The fourth-order valence-corrected chi connectivity index (χ4v) is 3.61. The predicted octanol–water partition coefficient (Wildman–Crippen LogP) is 3.99. The van der Waals surface area contributed by atoms with Crippen molar-refractivity contribution in [3.8, 4) is 5.75 Å². The van der Waals surface area contributed by atoms with Crippen LogP contribution in [0.5, 0.6) is 5.75 Å². The lowest BCUT2D eigenvalue weighted by Gasteiger charge is -2.09. The van der Waals surface area contributed by atoms with Crippen molar-refractivity contribution in [3.05, 3.63) is 77.4 Å². The number of methoxy groups -OCH3 is 1.